The number of nitrogens with one attached hydrogen (secondary N) is 2. The van der Waals surface area contributed by atoms with Gasteiger partial charge in [0.15, 0.2) is 5.96 Å². The normalized spacial score (nSPS) is 24.6. The van der Waals surface area contributed by atoms with E-state index >= 15 is 0 Å². The number of morpholine rings is 1. The van der Waals surface area contributed by atoms with Crippen LogP contribution in [0.3, 0.4) is 0 Å². The zero-order valence-electron chi connectivity index (χ0n) is 15.5. The summed E-state index contributed by atoms with van der Waals surface area (Å²) < 4.78 is 19.4. The summed E-state index contributed by atoms with van der Waals surface area (Å²) in [7, 11) is 0. The van der Waals surface area contributed by atoms with Crippen LogP contribution in [-0.4, -0.2) is 67.3 Å². The van der Waals surface area contributed by atoms with Gasteiger partial charge < -0.3 is 15.4 Å². The summed E-state index contributed by atoms with van der Waals surface area (Å²) in [5.74, 6) is 2.87. The molecule has 0 amide bonds. The van der Waals surface area contributed by atoms with Crippen LogP contribution in [0.15, 0.2) is 29.3 Å². The molecule has 144 valence electrons. The molecule has 2 heterocycles. The third-order valence-electron chi connectivity index (χ3n) is 5.06. The fourth-order valence-corrected chi connectivity index (χ4v) is 4.99. The van der Waals surface area contributed by atoms with Crippen LogP contribution in [0.4, 0.5) is 4.39 Å². The highest BCUT2D eigenvalue weighted by atomic mass is 32.2. The molecule has 2 saturated heterocycles. The number of nitrogens with zero attached hydrogens (tertiary/aromatic N) is 2. The summed E-state index contributed by atoms with van der Waals surface area (Å²) in [4.78, 5) is 7.16. The molecule has 0 aromatic heterocycles. The van der Waals surface area contributed by atoms with E-state index in [1.165, 1.54) is 18.2 Å². The summed E-state index contributed by atoms with van der Waals surface area (Å²) >= 11 is 2.02. The van der Waals surface area contributed by atoms with Gasteiger partial charge >= 0.3 is 0 Å². The molecule has 0 aliphatic carbocycles. The Morgan fingerprint density at radius 1 is 1.31 bits per heavy atom. The molecule has 26 heavy (non-hydrogen) atoms. The van der Waals surface area contributed by atoms with Gasteiger partial charge in [-0.05, 0) is 25.2 Å². The number of hydrogen-bond donors (Lipinski definition) is 2. The second-order valence-electron chi connectivity index (χ2n) is 6.77. The fraction of sp³-hybridized carbons (Fsp3) is 0.632. The third kappa shape index (κ3) is 4.90. The Kier molecular flexibility index (Phi) is 7.16. The van der Waals surface area contributed by atoms with Crippen molar-refractivity contribution in [2.75, 3.05) is 50.9 Å². The lowest BCUT2D eigenvalue weighted by molar-refractivity contribution is -0.0120. The lowest BCUT2D eigenvalue weighted by Gasteiger charge is -2.43. The summed E-state index contributed by atoms with van der Waals surface area (Å²) in [6.07, 6.45) is 1.18. The number of guanidine groups is 1. The Balaban J connectivity index is 1.64. The average Bonchev–Trinajstić information content (AvgIpc) is 3.16. The predicted octanol–water partition coefficient (Wildman–Crippen LogP) is 2.09. The SMILES string of the molecule is CCNC(=NCc1ccccc1F)NCC1(N2CCOCC2)CCSC1. The zero-order chi connectivity index (χ0) is 18.2. The monoisotopic (exact) mass is 380 g/mol. The van der Waals surface area contributed by atoms with Crippen molar-refractivity contribution in [3.05, 3.63) is 35.6 Å². The molecule has 2 aliphatic rings. The summed E-state index contributed by atoms with van der Waals surface area (Å²) in [6, 6.07) is 6.81. The van der Waals surface area contributed by atoms with Gasteiger partial charge in [-0.3, -0.25) is 4.90 Å². The summed E-state index contributed by atoms with van der Waals surface area (Å²) in [6.45, 7) is 7.62. The lowest BCUT2D eigenvalue weighted by Crippen LogP contribution is -2.60. The van der Waals surface area contributed by atoms with Crippen LogP contribution in [0, 0.1) is 5.82 Å². The van der Waals surface area contributed by atoms with Crippen molar-refractivity contribution >= 4 is 17.7 Å². The Hall–Kier alpha value is -1.31. The van der Waals surface area contributed by atoms with E-state index in [2.05, 4.69) is 20.5 Å². The number of thioether (sulfide) groups is 1. The van der Waals surface area contributed by atoms with Crippen molar-refractivity contribution in [3.63, 3.8) is 0 Å². The van der Waals surface area contributed by atoms with E-state index in [1.54, 1.807) is 12.1 Å². The Morgan fingerprint density at radius 3 is 2.81 bits per heavy atom. The quantitative estimate of drug-likeness (QED) is 0.585. The molecule has 0 bridgehead atoms. The predicted molar refractivity (Wildman–Crippen MR) is 106 cm³/mol. The third-order valence-corrected chi connectivity index (χ3v) is 6.29. The van der Waals surface area contributed by atoms with Crippen molar-refractivity contribution in [2.24, 2.45) is 4.99 Å². The van der Waals surface area contributed by atoms with Gasteiger partial charge in [-0.1, -0.05) is 18.2 Å². The first-order valence-electron chi connectivity index (χ1n) is 9.40. The molecule has 7 heteroatoms. The van der Waals surface area contributed by atoms with Crippen LogP contribution in [-0.2, 0) is 11.3 Å². The summed E-state index contributed by atoms with van der Waals surface area (Å²) in [5.41, 5.74) is 0.770. The first kappa shape index (κ1) is 19.5. The fourth-order valence-electron chi connectivity index (χ4n) is 3.52. The van der Waals surface area contributed by atoms with Crippen molar-refractivity contribution in [3.8, 4) is 0 Å². The van der Waals surface area contributed by atoms with Crippen molar-refractivity contribution < 1.29 is 9.13 Å². The van der Waals surface area contributed by atoms with Crippen LogP contribution in [0.25, 0.3) is 0 Å². The maximum Gasteiger partial charge on any atom is 0.191 e. The minimum atomic E-state index is -0.205. The maximum atomic E-state index is 13.8. The van der Waals surface area contributed by atoms with E-state index in [4.69, 9.17) is 4.74 Å². The van der Waals surface area contributed by atoms with Crippen LogP contribution >= 0.6 is 11.8 Å². The first-order chi connectivity index (χ1) is 12.7. The van der Waals surface area contributed by atoms with E-state index in [0.29, 0.717) is 12.1 Å². The molecule has 1 aromatic carbocycles. The maximum absolute atomic E-state index is 13.8. The van der Waals surface area contributed by atoms with Crippen LogP contribution in [0.5, 0.6) is 0 Å². The molecule has 0 saturated carbocycles. The number of hydrogen-bond acceptors (Lipinski definition) is 4. The van der Waals surface area contributed by atoms with Crippen molar-refractivity contribution in [1.29, 1.82) is 0 Å². The van der Waals surface area contributed by atoms with Crippen molar-refractivity contribution in [2.45, 2.75) is 25.4 Å². The highest BCUT2D eigenvalue weighted by Gasteiger charge is 2.40. The average molecular weight is 381 g/mol. The van der Waals surface area contributed by atoms with Gasteiger partial charge in [0, 0.05) is 43.0 Å². The standard InChI is InChI=1S/C19H29FN4OS/c1-2-21-18(22-13-16-5-3-4-6-17(16)20)23-14-19(7-12-26-15-19)24-8-10-25-11-9-24/h3-6H,2,7-15H2,1H3,(H2,21,22,23). The second-order valence-corrected chi connectivity index (χ2v) is 7.87. The number of halogens is 1. The van der Waals surface area contributed by atoms with Gasteiger partial charge in [0.1, 0.15) is 5.82 Å². The number of benzene rings is 1. The topological polar surface area (TPSA) is 48.9 Å². The molecule has 2 N–H and O–H groups in total. The van der Waals surface area contributed by atoms with Gasteiger partial charge in [-0.2, -0.15) is 11.8 Å². The molecule has 0 radical (unpaired) electrons. The van der Waals surface area contributed by atoms with Crippen LogP contribution in [0.2, 0.25) is 0 Å². The van der Waals surface area contributed by atoms with Crippen molar-refractivity contribution in [1.82, 2.24) is 15.5 Å². The molecule has 1 unspecified atom stereocenters. The zero-order valence-corrected chi connectivity index (χ0v) is 16.3. The minimum absolute atomic E-state index is 0.155. The minimum Gasteiger partial charge on any atom is -0.379 e. The van der Waals surface area contributed by atoms with Gasteiger partial charge in [0.25, 0.3) is 0 Å². The van der Waals surface area contributed by atoms with E-state index in [1.807, 2.05) is 24.8 Å². The number of rotatable bonds is 6. The van der Waals surface area contributed by atoms with E-state index in [9.17, 15) is 4.39 Å². The van der Waals surface area contributed by atoms with E-state index < -0.39 is 0 Å². The van der Waals surface area contributed by atoms with E-state index in [-0.39, 0.29) is 11.4 Å². The highest BCUT2D eigenvalue weighted by Crippen LogP contribution is 2.33. The number of aliphatic imine (C=N–C) groups is 1. The molecule has 3 rings (SSSR count). The number of ether oxygens (including phenoxy) is 1. The second kappa shape index (κ2) is 9.58. The largest absolute Gasteiger partial charge is 0.379 e. The van der Waals surface area contributed by atoms with Crippen LogP contribution < -0.4 is 10.6 Å². The van der Waals surface area contributed by atoms with Crippen LogP contribution in [0.1, 0.15) is 18.9 Å². The van der Waals surface area contributed by atoms with Gasteiger partial charge in [-0.15, -0.1) is 0 Å². The molecule has 2 aliphatic heterocycles. The highest BCUT2D eigenvalue weighted by molar-refractivity contribution is 7.99. The molecular weight excluding hydrogens is 351 g/mol. The van der Waals surface area contributed by atoms with Gasteiger partial charge in [0.05, 0.1) is 19.8 Å². The molecule has 1 aromatic rings. The van der Waals surface area contributed by atoms with E-state index in [0.717, 1.165) is 51.1 Å². The van der Waals surface area contributed by atoms with Gasteiger partial charge in [-0.25, -0.2) is 9.38 Å². The molecule has 1 atom stereocenters. The Labute approximate surface area is 159 Å². The summed E-state index contributed by atoms with van der Waals surface area (Å²) in [5, 5.41) is 6.79. The lowest BCUT2D eigenvalue weighted by atomic mass is 9.95. The Bertz CT molecular complexity index is 601. The Morgan fingerprint density at radius 2 is 2.12 bits per heavy atom. The molecular formula is C19H29FN4OS. The molecule has 2 fully saturated rings. The smallest absolute Gasteiger partial charge is 0.191 e. The first-order valence-corrected chi connectivity index (χ1v) is 10.6. The molecule has 0 spiro atoms. The van der Waals surface area contributed by atoms with Gasteiger partial charge in [0.2, 0.25) is 0 Å². The molecule has 5 nitrogen and oxygen atoms in total.